The van der Waals surface area contributed by atoms with Crippen molar-refractivity contribution < 1.29 is 9.21 Å². The van der Waals surface area contributed by atoms with Gasteiger partial charge in [0.25, 0.3) is 0 Å². The zero-order valence-corrected chi connectivity index (χ0v) is 6.55. The first-order valence-electron chi connectivity index (χ1n) is 3.34. The molecule has 0 saturated carbocycles. The molecule has 0 amide bonds. The monoisotopic (exact) mass is 156 g/mol. The summed E-state index contributed by atoms with van der Waals surface area (Å²) in [6.45, 7) is 5.50. The maximum Gasteiger partial charge on any atom is 0.163 e. The van der Waals surface area contributed by atoms with Gasteiger partial charge in [-0.1, -0.05) is 21.3 Å². The molecule has 0 atom stereocenters. The van der Waals surface area contributed by atoms with Gasteiger partial charge in [0, 0.05) is 0 Å². The molecular weight excluding hydrogens is 140 g/mol. The molecule has 0 saturated heterocycles. The Bertz CT molecular complexity index is 175. The van der Waals surface area contributed by atoms with Crippen LogP contribution in [-0.2, 0) is 0 Å². The number of Topliss-reactive ketones (excluding diaryl/α,β-unsaturated/α-hetero) is 1. The van der Waals surface area contributed by atoms with Gasteiger partial charge in [0.15, 0.2) is 5.78 Å². The summed E-state index contributed by atoms with van der Waals surface area (Å²) < 4.78 is 4.65. The Kier molecular flexibility index (Phi) is 8.10. The molecule has 2 nitrogen and oxygen atoms in total. The lowest BCUT2D eigenvalue weighted by atomic mass is 10.2. The van der Waals surface area contributed by atoms with Crippen LogP contribution in [0.5, 0.6) is 0 Å². The Balaban J connectivity index is 0. The summed E-state index contributed by atoms with van der Waals surface area (Å²) in [6, 6.07) is 1.64. The van der Waals surface area contributed by atoms with E-state index in [0.29, 0.717) is 5.56 Å². The summed E-state index contributed by atoms with van der Waals surface area (Å²) in [5.41, 5.74) is 0.630. The van der Waals surface area contributed by atoms with Gasteiger partial charge in [0.05, 0.1) is 11.8 Å². The van der Waals surface area contributed by atoms with E-state index in [2.05, 4.69) is 4.42 Å². The Morgan fingerprint density at radius 2 is 2.00 bits per heavy atom. The highest BCUT2D eigenvalue weighted by molar-refractivity contribution is 5.93. The van der Waals surface area contributed by atoms with Gasteiger partial charge in [-0.05, 0) is 13.0 Å². The van der Waals surface area contributed by atoms with Crippen molar-refractivity contribution in [2.24, 2.45) is 0 Å². The highest BCUT2D eigenvalue weighted by Gasteiger charge is 1.96. The molecule has 64 valence electrons. The third kappa shape index (κ3) is 4.37. The van der Waals surface area contributed by atoms with E-state index in [9.17, 15) is 4.79 Å². The predicted octanol–water partition coefficient (Wildman–Crippen LogP) is 3.14. The number of furan rings is 1. The lowest BCUT2D eigenvalue weighted by Crippen LogP contribution is -1.85. The summed E-state index contributed by atoms with van der Waals surface area (Å²) in [6.07, 6.45) is 2.92. The molecule has 0 unspecified atom stereocenters. The highest BCUT2D eigenvalue weighted by atomic mass is 16.3. The van der Waals surface area contributed by atoms with Crippen LogP contribution in [0, 0.1) is 0 Å². The van der Waals surface area contributed by atoms with Crippen molar-refractivity contribution in [3.05, 3.63) is 24.2 Å². The molecule has 1 aromatic rings. The number of carbonyl (C=O) groups is 1. The van der Waals surface area contributed by atoms with Gasteiger partial charge in [-0.2, -0.15) is 0 Å². The molecule has 1 aromatic heterocycles. The topological polar surface area (TPSA) is 30.2 Å². The van der Waals surface area contributed by atoms with Crippen LogP contribution in [0.4, 0.5) is 0 Å². The van der Waals surface area contributed by atoms with Crippen molar-refractivity contribution in [1.29, 1.82) is 0 Å². The van der Waals surface area contributed by atoms with Gasteiger partial charge < -0.3 is 4.42 Å². The Morgan fingerprint density at radius 3 is 2.18 bits per heavy atom. The summed E-state index contributed by atoms with van der Waals surface area (Å²) in [5, 5.41) is 0. The molecule has 0 radical (unpaired) electrons. The van der Waals surface area contributed by atoms with Gasteiger partial charge in [0.1, 0.15) is 6.26 Å². The minimum atomic E-state index is 0. The Morgan fingerprint density at radius 1 is 1.45 bits per heavy atom. The molecule has 2 heteroatoms. The molecule has 11 heavy (non-hydrogen) atoms. The summed E-state index contributed by atoms with van der Waals surface area (Å²) in [4.78, 5) is 10.4. The third-order valence-corrected chi connectivity index (χ3v) is 0.928. The van der Waals surface area contributed by atoms with E-state index in [-0.39, 0.29) is 13.2 Å². The van der Waals surface area contributed by atoms with Crippen LogP contribution in [-0.4, -0.2) is 5.78 Å². The van der Waals surface area contributed by atoms with E-state index in [1.54, 1.807) is 6.07 Å². The fourth-order valence-electron chi connectivity index (χ4n) is 0.465. The van der Waals surface area contributed by atoms with Crippen LogP contribution in [0.2, 0.25) is 0 Å². The highest BCUT2D eigenvalue weighted by Crippen LogP contribution is 1.98. The second-order valence-corrected chi connectivity index (χ2v) is 1.57. The van der Waals surface area contributed by atoms with Crippen molar-refractivity contribution in [1.82, 2.24) is 0 Å². The standard InChI is InChI=1S/C6H6O2.C2H6.CH4/c1-5(7)6-2-3-8-4-6;1-2;/h2-4H,1H3;1-2H3;1H4. The quantitative estimate of drug-likeness (QED) is 0.585. The third-order valence-electron chi connectivity index (χ3n) is 0.928. The molecule has 1 heterocycles. The fourth-order valence-corrected chi connectivity index (χ4v) is 0.465. The minimum absolute atomic E-state index is 0. The van der Waals surface area contributed by atoms with Crippen molar-refractivity contribution in [3.63, 3.8) is 0 Å². The number of rotatable bonds is 1. The van der Waals surface area contributed by atoms with Crippen LogP contribution in [0.1, 0.15) is 38.6 Å². The van der Waals surface area contributed by atoms with Crippen molar-refractivity contribution in [3.8, 4) is 0 Å². The maximum absolute atomic E-state index is 10.4. The summed E-state index contributed by atoms with van der Waals surface area (Å²) in [5.74, 6) is 0.0405. The van der Waals surface area contributed by atoms with E-state index in [0.717, 1.165) is 0 Å². The molecule has 0 aliphatic rings. The molecular formula is C9H16O2. The number of carbonyl (C=O) groups excluding carboxylic acids is 1. The summed E-state index contributed by atoms with van der Waals surface area (Å²) >= 11 is 0. The molecule has 1 rings (SSSR count). The molecule has 0 spiro atoms. The van der Waals surface area contributed by atoms with Crippen molar-refractivity contribution in [2.45, 2.75) is 28.2 Å². The second-order valence-electron chi connectivity index (χ2n) is 1.57. The number of ketones is 1. The van der Waals surface area contributed by atoms with Gasteiger partial charge in [-0.3, -0.25) is 4.79 Å². The van der Waals surface area contributed by atoms with Crippen molar-refractivity contribution in [2.75, 3.05) is 0 Å². The van der Waals surface area contributed by atoms with Gasteiger partial charge in [-0.25, -0.2) is 0 Å². The minimum Gasteiger partial charge on any atom is -0.472 e. The van der Waals surface area contributed by atoms with Crippen LogP contribution in [0.3, 0.4) is 0 Å². The molecule has 0 N–H and O–H groups in total. The Hall–Kier alpha value is -1.05. The average molecular weight is 156 g/mol. The molecule has 0 fully saturated rings. The fraction of sp³-hybridized carbons (Fsp3) is 0.444. The zero-order valence-electron chi connectivity index (χ0n) is 6.55. The lowest BCUT2D eigenvalue weighted by Gasteiger charge is -1.78. The van der Waals surface area contributed by atoms with Crippen LogP contribution in [0.25, 0.3) is 0 Å². The van der Waals surface area contributed by atoms with E-state index in [4.69, 9.17) is 0 Å². The second kappa shape index (κ2) is 7.06. The van der Waals surface area contributed by atoms with Crippen LogP contribution in [0.15, 0.2) is 23.0 Å². The van der Waals surface area contributed by atoms with E-state index >= 15 is 0 Å². The predicted molar refractivity (Wildman–Crippen MR) is 46.8 cm³/mol. The smallest absolute Gasteiger partial charge is 0.163 e. The Labute approximate surface area is 68.2 Å². The maximum atomic E-state index is 10.4. The van der Waals surface area contributed by atoms with E-state index in [1.807, 2.05) is 13.8 Å². The largest absolute Gasteiger partial charge is 0.472 e. The van der Waals surface area contributed by atoms with Gasteiger partial charge >= 0.3 is 0 Å². The van der Waals surface area contributed by atoms with Crippen LogP contribution >= 0.6 is 0 Å². The molecule has 0 aliphatic heterocycles. The molecule has 0 aromatic carbocycles. The van der Waals surface area contributed by atoms with E-state index in [1.165, 1.54) is 19.5 Å². The van der Waals surface area contributed by atoms with Gasteiger partial charge in [0.2, 0.25) is 0 Å². The normalized spacial score (nSPS) is 7.18. The van der Waals surface area contributed by atoms with E-state index < -0.39 is 0 Å². The first-order valence-corrected chi connectivity index (χ1v) is 3.34. The number of hydrogen-bond acceptors (Lipinski definition) is 2. The SMILES string of the molecule is C.CC.CC(=O)c1ccoc1. The van der Waals surface area contributed by atoms with Crippen LogP contribution < -0.4 is 0 Å². The lowest BCUT2D eigenvalue weighted by molar-refractivity contribution is 0.101. The molecule has 0 aliphatic carbocycles. The first-order chi connectivity index (χ1) is 4.80. The van der Waals surface area contributed by atoms with Gasteiger partial charge in [-0.15, -0.1) is 0 Å². The summed E-state index contributed by atoms with van der Waals surface area (Å²) in [7, 11) is 0. The first kappa shape index (κ1) is 12.6. The number of hydrogen-bond donors (Lipinski definition) is 0. The van der Waals surface area contributed by atoms with Crippen molar-refractivity contribution >= 4 is 5.78 Å². The molecule has 0 bridgehead atoms. The average Bonchev–Trinajstić information content (AvgIpc) is 2.42. The zero-order chi connectivity index (χ0) is 7.98.